The Labute approximate surface area is 168 Å². The molecule has 1 N–H and O–H groups in total. The highest BCUT2D eigenvalue weighted by Gasteiger charge is 2.14. The summed E-state index contributed by atoms with van der Waals surface area (Å²) in [6.07, 6.45) is 3.25. The van der Waals surface area contributed by atoms with Gasteiger partial charge in [-0.25, -0.2) is 9.50 Å². The predicted molar refractivity (Wildman–Crippen MR) is 111 cm³/mol. The molecule has 3 rings (SSSR count). The van der Waals surface area contributed by atoms with Gasteiger partial charge in [0, 0.05) is 17.1 Å². The highest BCUT2D eigenvalue weighted by molar-refractivity contribution is 7.99. The smallest absolute Gasteiger partial charge is 0.253 e. The number of anilines is 1. The van der Waals surface area contributed by atoms with Crippen molar-refractivity contribution in [2.24, 2.45) is 0 Å². The van der Waals surface area contributed by atoms with Crippen LogP contribution < -0.4 is 10.1 Å². The van der Waals surface area contributed by atoms with Gasteiger partial charge in [-0.2, -0.15) is 4.98 Å². The third-order valence-electron chi connectivity index (χ3n) is 4.52. The number of thioether (sulfide) groups is 1. The summed E-state index contributed by atoms with van der Waals surface area (Å²) in [5.41, 5.74) is 4.02. The summed E-state index contributed by atoms with van der Waals surface area (Å²) in [5.74, 6) is 1.44. The first kappa shape index (κ1) is 20.1. The lowest BCUT2D eigenvalue weighted by molar-refractivity contribution is -0.113. The second kappa shape index (κ2) is 9.05. The number of amides is 1. The minimum absolute atomic E-state index is 0.112. The molecule has 0 atom stereocenters. The number of methoxy groups -OCH3 is 1. The van der Waals surface area contributed by atoms with E-state index in [1.165, 1.54) is 17.3 Å². The summed E-state index contributed by atoms with van der Waals surface area (Å²) >= 11 is 1.30. The van der Waals surface area contributed by atoms with Crippen LogP contribution in [0, 0.1) is 13.8 Å². The molecule has 0 aliphatic carbocycles. The third-order valence-corrected chi connectivity index (χ3v) is 5.35. The molecule has 0 fully saturated rings. The van der Waals surface area contributed by atoms with Crippen molar-refractivity contribution in [3.8, 4) is 5.75 Å². The summed E-state index contributed by atoms with van der Waals surface area (Å²) in [4.78, 5) is 21.3. The quantitative estimate of drug-likeness (QED) is 0.580. The first-order valence-corrected chi connectivity index (χ1v) is 10.3. The van der Waals surface area contributed by atoms with Crippen molar-refractivity contribution in [2.75, 3.05) is 18.2 Å². The Morgan fingerprint density at radius 1 is 1.21 bits per heavy atom. The fourth-order valence-corrected chi connectivity index (χ4v) is 3.59. The van der Waals surface area contributed by atoms with Gasteiger partial charge >= 0.3 is 0 Å². The lowest BCUT2D eigenvalue weighted by Crippen LogP contribution is -2.14. The van der Waals surface area contributed by atoms with E-state index in [1.807, 2.05) is 13.8 Å². The van der Waals surface area contributed by atoms with Crippen LogP contribution in [0.15, 0.2) is 29.4 Å². The van der Waals surface area contributed by atoms with Crippen molar-refractivity contribution in [2.45, 2.75) is 45.2 Å². The molecule has 28 heavy (non-hydrogen) atoms. The van der Waals surface area contributed by atoms with Gasteiger partial charge in [-0.1, -0.05) is 25.1 Å². The number of nitrogens with zero attached hydrogens (tertiary/aromatic N) is 4. The largest absolute Gasteiger partial charge is 0.497 e. The van der Waals surface area contributed by atoms with Crippen molar-refractivity contribution in [1.82, 2.24) is 19.6 Å². The van der Waals surface area contributed by atoms with Crippen LogP contribution in [0.5, 0.6) is 5.75 Å². The van der Waals surface area contributed by atoms with Crippen molar-refractivity contribution in [3.05, 3.63) is 41.2 Å². The Morgan fingerprint density at radius 3 is 2.64 bits per heavy atom. The monoisotopic (exact) mass is 399 g/mol. The van der Waals surface area contributed by atoms with E-state index < -0.39 is 0 Å². The highest BCUT2D eigenvalue weighted by atomic mass is 32.2. The van der Waals surface area contributed by atoms with Gasteiger partial charge in [-0.15, -0.1) is 5.10 Å². The van der Waals surface area contributed by atoms with Crippen LogP contribution in [-0.4, -0.2) is 38.4 Å². The number of rotatable bonds is 8. The molecule has 8 heteroatoms. The summed E-state index contributed by atoms with van der Waals surface area (Å²) in [6.45, 7) is 6.24. The number of unbranched alkanes of at least 4 members (excludes halogenated alkanes) is 1. The molecule has 1 amide bonds. The molecule has 0 saturated carbocycles. The molecule has 0 unspecified atom stereocenters. The van der Waals surface area contributed by atoms with Crippen LogP contribution in [-0.2, 0) is 11.2 Å². The molecule has 0 spiro atoms. The molecule has 148 valence electrons. The fourth-order valence-electron chi connectivity index (χ4n) is 2.97. The van der Waals surface area contributed by atoms with Crippen molar-refractivity contribution in [1.29, 1.82) is 0 Å². The number of aryl methyl sites for hydroxylation is 2. The topological polar surface area (TPSA) is 81.4 Å². The summed E-state index contributed by atoms with van der Waals surface area (Å²) in [7, 11) is 1.61. The number of hydrogen-bond acceptors (Lipinski definition) is 6. The van der Waals surface area contributed by atoms with Gasteiger partial charge in [0.1, 0.15) is 5.75 Å². The van der Waals surface area contributed by atoms with Gasteiger partial charge < -0.3 is 10.1 Å². The van der Waals surface area contributed by atoms with E-state index in [0.717, 1.165) is 42.1 Å². The molecule has 2 heterocycles. The number of benzene rings is 1. The van der Waals surface area contributed by atoms with Crippen molar-refractivity contribution < 1.29 is 9.53 Å². The van der Waals surface area contributed by atoms with Gasteiger partial charge in [0.25, 0.3) is 5.78 Å². The summed E-state index contributed by atoms with van der Waals surface area (Å²) in [5, 5.41) is 7.94. The van der Waals surface area contributed by atoms with E-state index in [0.29, 0.717) is 10.9 Å². The van der Waals surface area contributed by atoms with Crippen LogP contribution in [0.25, 0.3) is 5.78 Å². The van der Waals surface area contributed by atoms with Crippen LogP contribution in [0.2, 0.25) is 0 Å². The highest BCUT2D eigenvalue weighted by Crippen LogP contribution is 2.20. The number of fused-ring (bicyclic) bond motifs is 1. The number of aromatic nitrogens is 4. The molecule has 0 saturated heterocycles. The average molecular weight is 400 g/mol. The van der Waals surface area contributed by atoms with Crippen LogP contribution in [0.1, 0.15) is 36.7 Å². The Morgan fingerprint density at radius 2 is 1.96 bits per heavy atom. The minimum Gasteiger partial charge on any atom is -0.497 e. The predicted octanol–water partition coefficient (Wildman–Crippen LogP) is 3.82. The molecule has 0 aliphatic heterocycles. The van der Waals surface area contributed by atoms with Crippen LogP contribution in [0.3, 0.4) is 0 Å². The van der Waals surface area contributed by atoms with Crippen LogP contribution in [0.4, 0.5) is 5.69 Å². The molecular weight excluding hydrogens is 374 g/mol. The third kappa shape index (κ3) is 4.62. The first-order chi connectivity index (χ1) is 13.5. The normalized spacial score (nSPS) is 11.0. The zero-order valence-electron chi connectivity index (χ0n) is 16.7. The Kier molecular flexibility index (Phi) is 6.51. The van der Waals surface area contributed by atoms with E-state index in [4.69, 9.17) is 4.74 Å². The lowest BCUT2D eigenvalue weighted by atomic mass is 10.1. The fraction of sp³-hybridized carbons (Fsp3) is 0.400. The van der Waals surface area contributed by atoms with E-state index in [1.54, 1.807) is 35.9 Å². The van der Waals surface area contributed by atoms with Gasteiger partial charge in [-0.05, 0) is 56.5 Å². The maximum atomic E-state index is 12.2. The molecule has 1 aromatic carbocycles. The zero-order valence-corrected chi connectivity index (χ0v) is 17.5. The van der Waals surface area contributed by atoms with Gasteiger partial charge in [0.05, 0.1) is 12.9 Å². The van der Waals surface area contributed by atoms with Crippen molar-refractivity contribution >= 4 is 29.1 Å². The maximum absolute atomic E-state index is 12.2. The van der Waals surface area contributed by atoms with E-state index in [-0.39, 0.29) is 11.7 Å². The van der Waals surface area contributed by atoms with E-state index >= 15 is 0 Å². The molecule has 7 nitrogen and oxygen atoms in total. The van der Waals surface area contributed by atoms with E-state index in [2.05, 4.69) is 27.3 Å². The average Bonchev–Trinajstić information content (AvgIpc) is 3.10. The maximum Gasteiger partial charge on any atom is 0.253 e. The second-order valence-electron chi connectivity index (χ2n) is 6.54. The van der Waals surface area contributed by atoms with Gasteiger partial charge in [0.2, 0.25) is 11.1 Å². The Bertz CT molecular complexity index is 969. The van der Waals surface area contributed by atoms with Crippen LogP contribution >= 0.6 is 11.8 Å². The molecular formula is C20H25N5O2S. The Balaban J connectivity index is 1.66. The molecule has 2 aromatic heterocycles. The zero-order chi connectivity index (χ0) is 20.1. The molecule has 0 aliphatic rings. The number of carbonyl (C=O) groups is 1. The van der Waals surface area contributed by atoms with Gasteiger partial charge in [0.15, 0.2) is 0 Å². The number of hydrogen-bond donors (Lipinski definition) is 1. The minimum atomic E-state index is -0.112. The summed E-state index contributed by atoms with van der Waals surface area (Å²) < 4.78 is 6.89. The Hall–Kier alpha value is -2.61. The number of nitrogens with one attached hydrogen (secondary N) is 1. The SMILES string of the molecule is CCCCc1c(C)nc2nc(SCC(=O)Nc3ccc(OC)cc3)nn2c1C. The molecule has 3 aromatic rings. The number of carbonyl (C=O) groups excluding carboxylic acids is 1. The standard InChI is InChI=1S/C20H25N5O2S/c1-5-6-7-17-13(2)21-19-23-20(24-25(19)14(17)3)28-12-18(26)22-15-8-10-16(27-4)11-9-15/h8-11H,5-7,12H2,1-4H3,(H,22,26). The summed E-state index contributed by atoms with van der Waals surface area (Å²) in [6, 6.07) is 7.22. The van der Waals surface area contributed by atoms with Crippen molar-refractivity contribution in [3.63, 3.8) is 0 Å². The van der Waals surface area contributed by atoms with E-state index in [9.17, 15) is 4.79 Å². The second-order valence-corrected chi connectivity index (χ2v) is 7.48. The van der Waals surface area contributed by atoms with Gasteiger partial charge in [-0.3, -0.25) is 4.79 Å². The lowest BCUT2D eigenvalue weighted by Gasteiger charge is -2.09. The molecule has 0 radical (unpaired) electrons. The molecule has 0 bridgehead atoms. The number of ether oxygens (including phenoxy) is 1. The first-order valence-electron chi connectivity index (χ1n) is 9.31.